The predicted molar refractivity (Wildman–Crippen MR) is 170 cm³/mol. The van der Waals surface area contributed by atoms with Crippen molar-refractivity contribution in [3.63, 3.8) is 0 Å². The molecule has 2 aromatic carbocycles. The summed E-state index contributed by atoms with van der Waals surface area (Å²) in [5, 5.41) is 14.2. The zero-order valence-corrected chi connectivity index (χ0v) is 28.1. The van der Waals surface area contributed by atoms with Gasteiger partial charge in [-0.25, -0.2) is 12.8 Å². The molecule has 3 aromatic rings. The van der Waals surface area contributed by atoms with Crippen molar-refractivity contribution in [3.8, 4) is 16.3 Å². The number of aromatic nitrogens is 2. The van der Waals surface area contributed by atoms with E-state index >= 15 is 4.39 Å². The van der Waals surface area contributed by atoms with Gasteiger partial charge in [-0.3, -0.25) is 14.4 Å². The fraction of sp³-hybridized carbons (Fsp3) is 0.469. The Kier molecular flexibility index (Phi) is 10.9. The topological polar surface area (TPSA) is 154 Å². The van der Waals surface area contributed by atoms with E-state index in [1.807, 2.05) is 6.92 Å². The lowest BCUT2D eigenvalue weighted by molar-refractivity contribution is -0.143. The number of hydrogen-bond acceptors (Lipinski definition) is 10. The Bertz CT molecular complexity index is 1830. The fourth-order valence-electron chi connectivity index (χ4n) is 6.35. The number of nitrogens with zero attached hydrogens (tertiary/aromatic N) is 2. The van der Waals surface area contributed by atoms with Crippen LogP contribution in [0.2, 0.25) is 0 Å². The van der Waals surface area contributed by atoms with Gasteiger partial charge in [-0.05, 0) is 61.8 Å². The van der Waals surface area contributed by atoms with Gasteiger partial charge in [0.2, 0.25) is 5.91 Å². The number of hydrogen-bond donors (Lipinski definition) is 2. The van der Waals surface area contributed by atoms with Crippen molar-refractivity contribution in [1.29, 1.82) is 0 Å². The first-order valence-electron chi connectivity index (χ1n) is 15.6. The number of anilines is 1. The van der Waals surface area contributed by atoms with Gasteiger partial charge in [0, 0.05) is 29.8 Å². The van der Waals surface area contributed by atoms with Crippen LogP contribution in [0.15, 0.2) is 41.3 Å². The Morgan fingerprint density at radius 1 is 1.08 bits per heavy atom. The van der Waals surface area contributed by atoms with Crippen LogP contribution in [0, 0.1) is 23.6 Å². The smallest absolute Gasteiger partial charge is 0.496 e. The number of halogens is 4. The van der Waals surface area contributed by atoms with Crippen LogP contribution in [0.4, 0.5) is 23.2 Å². The summed E-state index contributed by atoms with van der Waals surface area (Å²) in [7, 11) is -4.36. The summed E-state index contributed by atoms with van der Waals surface area (Å²) < 4.78 is 88.8. The molecule has 2 N–H and O–H groups in total. The van der Waals surface area contributed by atoms with Gasteiger partial charge in [0.1, 0.15) is 16.6 Å². The summed E-state index contributed by atoms with van der Waals surface area (Å²) in [6.07, 6.45) is 4.00. The SMILES string of the molecule is CCCCOC(=O)CCc1nnc(-c2cc(C(=O)N[C@@H]3[C@H]4CC[C@H](C4)[C@@H]3C(=O)Nc3cccc(S(=O)(=O)C(F)(F)F)c3)c(OC)cc2F)s1. The summed E-state index contributed by atoms with van der Waals surface area (Å²) >= 11 is 1.06. The highest BCUT2D eigenvalue weighted by molar-refractivity contribution is 7.92. The molecule has 2 saturated carbocycles. The number of fused-ring (bicyclic) bond motifs is 2. The van der Waals surface area contributed by atoms with E-state index in [1.165, 1.54) is 19.2 Å². The van der Waals surface area contributed by atoms with Crippen LogP contribution in [0.25, 0.3) is 10.6 Å². The Hall–Kier alpha value is -4.12. The lowest BCUT2D eigenvalue weighted by Crippen LogP contribution is -2.48. The molecule has 2 aliphatic rings. The second-order valence-electron chi connectivity index (χ2n) is 11.9. The van der Waals surface area contributed by atoms with E-state index in [1.54, 1.807) is 0 Å². The highest BCUT2D eigenvalue weighted by atomic mass is 32.2. The number of benzene rings is 2. The summed E-state index contributed by atoms with van der Waals surface area (Å²) in [5.74, 6) is -3.37. The molecule has 2 amide bonds. The van der Waals surface area contributed by atoms with E-state index < -0.39 is 49.8 Å². The summed E-state index contributed by atoms with van der Waals surface area (Å²) in [5.41, 5.74) is -5.70. The number of amides is 2. The van der Waals surface area contributed by atoms with E-state index in [9.17, 15) is 36.0 Å². The minimum absolute atomic E-state index is 0.0175. The van der Waals surface area contributed by atoms with Crippen LogP contribution in [0.5, 0.6) is 5.75 Å². The molecule has 2 fully saturated rings. The second-order valence-corrected chi connectivity index (χ2v) is 14.9. The van der Waals surface area contributed by atoms with Crippen molar-refractivity contribution in [3.05, 3.63) is 52.8 Å². The van der Waals surface area contributed by atoms with Crippen LogP contribution in [-0.2, 0) is 30.6 Å². The number of sulfone groups is 1. The van der Waals surface area contributed by atoms with Gasteiger partial charge < -0.3 is 20.1 Å². The monoisotopic (exact) mass is 726 g/mol. The third kappa shape index (κ3) is 7.87. The molecule has 4 atom stereocenters. The number of carbonyl (C=O) groups is 3. The van der Waals surface area contributed by atoms with Crippen molar-refractivity contribution < 1.29 is 49.8 Å². The Balaban J connectivity index is 1.32. The molecule has 49 heavy (non-hydrogen) atoms. The van der Waals surface area contributed by atoms with Crippen LogP contribution in [0.1, 0.15) is 60.8 Å². The number of unbranched alkanes of at least 4 members (excludes halogenated alkanes) is 1. The second kappa shape index (κ2) is 14.8. The average molecular weight is 727 g/mol. The molecule has 0 radical (unpaired) electrons. The van der Waals surface area contributed by atoms with Gasteiger partial charge in [0.25, 0.3) is 15.7 Å². The zero-order chi connectivity index (χ0) is 35.5. The molecule has 2 aliphatic carbocycles. The third-order valence-corrected chi connectivity index (χ3v) is 11.3. The Labute approximate surface area is 283 Å². The largest absolute Gasteiger partial charge is 0.501 e. The Morgan fingerprint density at radius 3 is 2.55 bits per heavy atom. The standard InChI is InChI=1S/C32H34F4N4O7S2/c1-3-4-12-47-26(41)11-10-25-39-40-31(48-25)21-15-22(24(46-2)16-23(21)33)29(42)38-28-18-9-8-17(13-18)27(28)30(43)37-19-6-5-7-20(14-19)49(44,45)32(34,35)36/h5-7,14-18,27-28H,3-4,8-13H2,1-2H3,(H,37,43)(H,38,42)/t17-,18+,27+,28-/m1/s1. The van der Waals surface area contributed by atoms with Gasteiger partial charge >= 0.3 is 11.5 Å². The predicted octanol–water partition coefficient (Wildman–Crippen LogP) is 5.71. The van der Waals surface area contributed by atoms with Crippen molar-refractivity contribution in [2.24, 2.45) is 17.8 Å². The van der Waals surface area contributed by atoms with Crippen LogP contribution in [-0.4, -0.2) is 61.7 Å². The first-order valence-corrected chi connectivity index (χ1v) is 17.9. The lowest BCUT2D eigenvalue weighted by Gasteiger charge is -2.31. The van der Waals surface area contributed by atoms with Gasteiger partial charge in [-0.1, -0.05) is 30.7 Å². The van der Waals surface area contributed by atoms with Crippen LogP contribution >= 0.6 is 11.3 Å². The number of nitrogens with one attached hydrogen (secondary N) is 2. The third-order valence-electron chi connectivity index (χ3n) is 8.77. The van der Waals surface area contributed by atoms with Crippen molar-refractivity contribution in [2.45, 2.75) is 68.3 Å². The van der Waals surface area contributed by atoms with Gasteiger partial charge in [-0.15, -0.1) is 10.2 Å². The van der Waals surface area contributed by atoms with Crippen molar-refractivity contribution in [1.82, 2.24) is 15.5 Å². The maximum atomic E-state index is 15.2. The molecule has 11 nitrogen and oxygen atoms in total. The number of alkyl halides is 3. The fourth-order valence-corrected chi connectivity index (χ4v) is 8.01. The van der Waals surface area contributed by atoms with E-state index in [2.05, 4.69) is 20.8 Å². The molecular weight excluding hydrogens is 692 g/mol. The maximum Gasteiger partial charge on any atom is 0.501 e. The highest BCUT2D eigenvalue weighted by Gasteiger charge is 2.52. The summed E-state index contributed by atoms with van der Waals surface area (Å²) in [4.78, 5) is 38.2. The first kappa shape index (κ1) is 36.2. The van der Waals surface area contributed by atoms with Crippen LogP contribution < -0.4 is 15.4 Å². The Morgan fingerprint density at radius 2 is 1.84 bits per heavy atom. The number of carbonyl (C=O) groups excluding carboxylic acids is 3. The maximum absolute atomic E-state index is 15.2. The van der Waals surface area contributed by atoms with E-state index in [-0.39, 0.29) is 58.2 Å². The number of ether oxygens (including phenoxy) is 2. The lowest BCUT2D eigenvalue weighted by atomic mass is 9.83. The number of aryl methyl sites for hydroxylation is 1. The normalized spacial score (nSPS) is 20.2. The first-order chi connectivity index (χ1) is 23.2. The molecule has 2 bridgehead atoms. The number of methoxy groups -OCH3 is 1. The minimum Gasteiger partial charge on any atom is -0.496 e. The molecule has 0 spiro atoms. The molecule has 5 rings (SSSR count). The summed E-state index contributed by atoms with van der Waals surface area (Å²) in [6.45, 7) is 2.31. The van der Waals surface area contributed by atoms with E-state index in [4.69, 9.17) is 9.47 Å². The van der Waals surface area contributed by atoms with Crippen LogP contribution in [0.3, 0.4) is 0 Å². The van der Waals surface area contributed by atoms with Gasteiger partial charge in [-0.2, -0.15) is 13.2 Å². The molecular formula is C32H34F4N4O7S2. The van der Waals surface area contributed by atoms with Gasteiger partial charge in [0.05, 0.1) is 36.5 Å². The van der Waals surface area contributed by atoms with Crippen molar-refractivity contribution in [2.75, 3.05) is 19.0 Å². The number of rotatable bonds is 13. The number of esters is 1. The van der Waals surface area contributed by atoms with Crippen molar-refractivity contribution >= 4 is 44.6 Å². The molecule has 1 aromatic heterocycles. The quantitative estimate of drug-likeness (QED) is 0.128. The van der Waals surface area contributed by atoms with E-state index in [0.29, 0.717) is 24.5 Å². The van der Waals surface area contributed by atoms with Gasteiger partial charge in [0.15, 0.2) is 5.01 Å². The minimum atomic E-state index is -5.64. The highest BCUT2D eigenvalue weighted by Crippen LogP contribution is 2.49. The average Bonchev–Trinajstić information content (AvgIpc) is 3.80. The summed E-state index contributed by atoms with van der Waals surface area (Å²) in [6, 6.07) is 5.55. The molecule has 0 unspecified atom stereocenters. The zero-order valence-electron chi connectivity index (χ0n) is 26.5. The molecule has 0 saturated heterocycles. The molecule has 17 heteroatoms. The molecule has 264 valence electrons. The molecule has 1 heterocycles. The molecule has 0 aliphatic heterocycles. The van der Waals surface area contributed by atoms with E-state index in [0.717, 1.165) is 54.9 Å².